The number of ketones is 1. The van der Waals surface area contributed by atoms with Gasteiger partial charge in [0.05, 0.1) is 43.0 Å². The lowest BCUT2D eigenvalue weighted by Crippen LogP contribution is -2.59. The van der Waals surface area contributed by atoms with Crippen molar-refractivity contribution in [2.24, 2.45) is 5.92 Å². The highest BCUT2D eigenvalue weighted by Crippen LogP contribution is 2.25. The molecule has 41 heavy (non-hydrogen) atoms. The van der Waals surface area contributed by atoms with E-state index in [-0.39, 0.29) is 42.8 Å². The van der Waals surface area contributed by atoms with Gasteiger partial charge in [-0.2, -0.15) is 0 Å². The zero-order valence-corrected chi connectivity index (χ0v) is 25.1. The van der Waals surface area contributed by atoms with Crippen molar-refractivity contribution in [3.63, 3.8) is 0 Å². The second-order valence-corrected chi connectivity index (χ2v) is 13.8. The molecule has 0 spiro atoms. The lowest BCUT2D eigenvalue weighted by molar-refractivity contribution is -0.304. The summed E-state index contributed by atoms with van der Waals surface area (Å²) in [5, 5.41) is 60.1. The van der Waals surface area contributed by atoms with Crippen LogP contribution in [0.4, 0.5) is 0 Å². The maximum absolute atomic E-state index is 12.7. The zero-order valence-electron chi connectivity index (χ0n) is 24.3. The van der Waals surface area contributed by atoms with Crippen molar-refractivity contribution in [1.82, 2.24) is 0 Å². The monoisotopic (exact) mass is 612 g/mol. The van der Waals surface area contributed by atoms with E-state index in [1.54, 1.807) is 6.92 Å². The molecule has 0 radical (unpaired) electrons. The Morgan fingerprint density at radius 3 is 2.12 bits per heavy atom. The average molecular weight is 613 g/mol. The molecule has 0 aromatic rings. The minimum atomic E-state index is -2.86. The van der Waals surface area contributed by atoms with Gasteiger partial charge in [0.25, 0.3) is 0 Å². The molecule has 5 unspecified atom stereocenters. The molecular weight excluding hydrogens is 560 g/mol. The molecule has 8 atom stereocenters. The fourth-order valence-electron chi connectivity index (χ4n) is 5.25. The lowest BCUT2D eigenvalue weighted by Gasteiger charge is -2.40. The predicted molar refractivity (Wildman–Crippen MR) is 150 cm³/mol. The van der Waals surface area contributed by atoms with E-state index >= 15 is 0 Å². The standard InChI is InChI=1S/C28H52O12S/c1-2-22(31)24(32)19(18-39-28-27(35)26(34)25(33)23(17-29)40-28)16-20(30)10-8-6-4-3-5-7-9-13-38-21-11-14-41(36,37)15-12-21/h19,21-29,31-35H,2-18H2,1H3/t19-,22+,23?,24-,25?,26?,27?,28?/m0/s1. The first-order chi connectivity index (χ1) is 19.5. The van der Waals surface area contributed by atoms with Crippen LogP contribution < -0.4 is 0 Å². The molecule has 242 valence electrons. The number of sulfone groups is 1. The molecule has 0 amide bonds. The first-order valence-electron chi connectivity index (χ1n) is 15.1. The zero-order chi connectivity index (χ0) is 30.4. The van der Waals surface area contributed by atoms with Crippen molar-refractivity contribution in [2.45, 2.75) is 133 Å². The Kier molecular flexibility index (Phi) is 16.7. The van der Waals surface area contributed by atoms with E-state index in [1.165, 1.54) is 0 Å². The first-order valence-corrected chi connectivity index (χ1v) is 16.9. The highest BCUT2D eigenvalue weighted by Gasteiger charge is 2.44. The summed E-state index contributed by atoms with van der Waals surface area (Å²) in [6.45, 7) is 1.51. The predicted octanol–water partition coefficient (Wildman–Crippen LogP) is 0.225. The van der Waals surface area contributed by atoms with Crippen molar-refractivity contribution in [2.75, 3.05) is 31.3 Å². The quantitative estimate of drug-likeness (QED) is 0.102. The molecule has 6 N–H and O–H groups in total. The van der Waals surface area contributed by atoms with Gasteiger partial charge in [0.1, 0.15) is 30.2 Å². The van der Waals surface area contributed by atoms with Crippen molar-refractivity contribution < 1.29 is 58.1 Å². The summed E-state index contributed by atoms with van der Waals surface area (Å²) in [6, 6.07) is 0. The maximum atomic E-state index is 12.7. The van der Waals surface area contributed by atoms with E-state index in [9.17, 15) is 43.9 Å². The Morgan fingerprint density at radius 2 is 1.51 bits per heavy atom. The molecule has 2 rings (SSSR count). The number of aliphatic hydroxyl groups is 6. The van der Waals surface area contributed by atoms with Gasteiger partial charge in [-0.15, -0.1) is 0 Å². The normalized spacial score (nSPS) is 29.2. The number of rotatable bonds is 20. The van der Waals surface area contributed by atoms with Crippen LogP contribution in [0.1, 0.15) is 84.0 Å². The van der Waals surface area contributed by atoms with Crippen molar-refractivity contribution in [3.05, 3.63) is 0 Å². The van der Waals surface area contributed by atoms with Crippen LogP contribution in [0.5, 0.6) is 0 Å². The van der Waals surface area contributed by atoms with Gasteiger partial charge in [-0.1, -0.05) is 39.0 Å². The van der Waals surface area contributed by atoms with Gasteiger partial charge in [-0.25, -0.2) is 8.42 Å². The molecule has 2 aliphatic heterocycles. The Balaban J connectivity index is 1.63. The van der Waals surface area contributed by atoms with Crippen LogP contribution in [0.25, 0.3) is 0 Å². The number of hydrogen-bond donors (Lipinski definition) is 6. The van der Waals surface area contributed by atoms with Crippen LogP contribution in [0.2, 0.25) is 0 Å². The number of carbonyl (C=O) groups is 1. The summed E-state index contributed by atoms with van der Waals surface area (Å²) in [5.41, 5.74) is 0. The Bertz CT molecular complexity index is 824. The summed E-state index contributed by atoms with van der Waals surface area (Å²) in [4.78, 5) is 12.7. The largest absolute Gasteiger partial charge is 0.394 e. The van der Waals surface area contributed by atoms with E-state index in [0.29, 0.717) is 32.3 Å². The molecule has 2 saturated heterocycles. The molecule has 0 bridgehead atoms. The van der Waals surface area contributed by atoms with Gasteiger partial charge in [0.15, 0.2) is 16.1 Å². The summed E-state index contributed by atoms with van der Waals surface area (Å²) >= 11 is 0. The number of unbranched alkanes of at least 4 members (excludes halogenated alkanes) is 6. The molecule has 0 saturated carbocycles. The van der Waals surface area contributed by atoms with Gasteiger partial charge in [0, 0.05) is 25.4 Å². The molecule has 0 aliphatic carbocycles. The van der Waals surface area contributed by atoms with E-state index in [4.69, 9.17) is 14.2 Å². The van der Waals surface area contributed by atoms with Gasteiger partial charge in [0.2, 0.25) is 0 Å². The van der Waals surface area contributed by atoms with Gasteiger partial charge in [-0.3, -0.25) is 4.79 Å². The maximum Gasteiger partial charge on any atom is 0.186 e. The number of ether oxygens (including phenoxy) is 3. The second kappa shape index (κ2) is 18.8. The molecule has 0 aromatic carbocycles. The van der Waals surface area contributed by atoms with Crippen LogP contribution >= 0.6 is 0 Å². The number of aliphatic hydroxyl groups excluding tert-OH is 6. The summed E-state index contributed by atoms with van der Waals surface area (Å²) in [7, 11) is -2.86. The van der Waals surface area contributed by atoms with Crippen LogP contribution in [-0.4, -0.2) is 125 Å². The number of Topliss-reactive ketones (excluding diaryl/α,β-unsaturated/α-hetero) is 1. The first kappa shape index (κ1) is 36.5. The van der Waals surface area contributed by atoms with Crippen LogP contribution in [0, 0.1) is 5.92 Å². The minimum absolute atomic E-state index is 0.0391. The molecule has 2 fully saturated rings. The van der Waals surface area contributed by atoms with Gasteiger partial charge < -0.3 is 44.8 Å². The molecule has 0 aromatic heterocycles. The summed E-state index contributed by atoms with van der Waals surface area (Å²) in [6.07, 6.45) is -1.07. The van der Waals surface area contributed by atoms with Crippen LogP contribution in [-0.2, 0) is 28.8 Å². The third kappa shape index (κ3) is 12.8. The second-order valence-electron chi connectivity index (χ2n) is 11.4. The average Bonchev–Trinajstić information content (AvgIpc) is 2.95. The third-order valence-corrected chi connectivity index (χ3v) is 9.78. The summed E-state index contributed by atoms with van der Waals surface area (Å²) in [5.74, 6) is -0.414. The van der Waals surface area contributed by atoms with Crippen LogP contribution in [0.3, 0.4) is 0 Å². The summed E-state index contributed by atoms with van der Waals surface area (Å²) < 4.78 is 39.6. The fourth-order valence-corrected chi connectivity index (χ4v) is 6.69. The fraction of sp³-hybridized carbons (Fsp3) is 0.964. The lowest BCUT2D eigenvalue weighted by atomic mass is 9.90. The SMILES string of the molecule is CC[C@@H](O)[C@@H](O)[C@H](COC1OC(CO)C(O)C(O)C1O)CC(=O)CCCCCCCCCOC1CCS(=O)(=O)CC1. The minimum Gasteiger partial charge on any atom is -0.394 e. The van der Waals surface area contributed by atoms with Crippen LogP contribution in [0.15, 0.2) is 0 Å². The molecule has 2 heterocycles. The number of carbonyl (C=O) groups excluding carboxylic acids is 1. The van der Waals surface area contributed by atoms with E-state index in [1.807, 2.05) is 0 Å². The van der Waals surface area contributed by atoms with E-state index in [2.05, 4.69) is 0 Å². The van der Waals surface area contributed by atoms with Crippen molar-refractivity contribution in [3.8, 4) is 0 Å². The topological polar surface area (TPSA) is 200 Å². The van der Waals surface area contributed by atoms with Crippen molar-refractivity contribution in [1.29, 1.82) is 0 Å². The third-order valence-electron chi connectivity index (χ3n) is 8.06. The highest BCUT2D eigenvalue weighted by molar-refractivity contribution is 7.91. The Morgan fingerprint density at radius 1 is 0.902 bits per heavy atom. The number of hydrogen-bond acceptors (Lipinski definition) is 12. The van der Waals surface area contributed by atoms with Crippen molar-refractivity contribution >= 4 is 15.6 Å². The Labute approximate surface area is 243 Å². The highest BCUT2D eigenvalue weighted by atomic mass is 32.2. The molecule has 2 aliphatic rings. The molecule has 13 heteroatoms. The molecule has 12 nitrogen and oxygen atoms in total. The molecular formula is C28H52O12S. The smallest absolute Gasteiger partial charge is 0.186 e. The van der Waals surface area contributed by atoms with Gasteiger partial charge in [-0.05, 0) is 32.1 Å². The van der Waals surface area contributed by atoms with E-state index in [0.717, 1.165) is 38.5 Å². The van der Waals surface area contributed by atoms with Gasteiger partial charge >= 0.3 is 0 Å². The Hall–Kier alpha value is -0.740. The van der Waals surface area contributed by atoms with E-state index < -0.39 is 65.3 Å².